The Kier molecular flexibility index (Phi) is 9.93. The summed E-state index contributed by atoms with van der Waals surface area (Å²) in [4.78, 5) is 15.5. The topological polar surface area (TPSA) is 71.5 Å². The van der Waals surface area contributed by atoms with Crippen LogP contribution in [0.3, 0.4) is 0 Å². The van der Waals surface area contributed by atoms with Gasteiger partial charge in [0.15, 0.2) is 0 Å². The summed E-state index contributed by atoms with van der Waals surface area (Å²) in [7, 11) is 0. The van der Waals surface area contributed by atoms with Gasteiger partial charge in [0.1, 0.15) is 18.3 Å². The molecular formula is C33H37FN2O3. The maximum Gasteiger partial charge on any atom is 0.131 e. The highest BCUT2D eigenvalue weighted by Crippen LogP contribution is 2.41. The highest BCUT2D eigenvalue weighted by atomic mass is 19.1. The molecule has 3 aromatic rings. The molecule has 0 bridgehead atoms. The Morgan fingerprint density at radius 2 is 2.10 bits per heavy atom. The Morgan fingerprint density at radius 3 is 2.90 bits per heavy atom. The van der Waals surface area contributed by atoms with Gasteiger partial charge in [0.25, 0.3) is 0 Å². The van der Waals surface area contributed by atoms with Crippen molar-refractivity contribution in [3.8, 4) is 0 Å². The molecule has 39 heavy (non-hydrogen) atoms. The van der Waals surface area contributed by atoms with Crippen molar-refractivity contribution in [2.24, 2.45) is 0 Å². The van der Waals surface area contributed by atoms with E-state index in [1.54, 1.807) is 12.2 Å². The number of fused-ring (bicyclic) bond motifs is 2. The zero-order valence-electron chi connectivity index (χ0n) is 22.5. The molecule has 4 rings (SSSR count). The Labute approximate surface area is 230 Å². The van der Waals surface area contributed by atoms with Crippen molar-refractivity contribution in [1.82, 2.24) is 10.3 Å². The largest absolute Gasteiger partial charge is 0.374 e. The van der Waals surface area contributed by atoms with Gasteiger partial charge in [0, 0.05) is 18.4 Å². The number of carbonyl (C=O) groups excluding carboxylic acids is 1. The summed E-state index contributed by atoms with van der Waals surface area (Å²) in [5.74, 6) is -0.417. The lowest BCUT2D eigenvalue weighted by molar-refractivity contribution is -0.107. The summed E-state index contributed by atoms with van der Waals surface area (Å²) in [6.07, 6.45) is 10.5. The first-order valence-electron chi connectivity index (χ1n) is 13.7. The summed E-state index contributed by atoms with van der Waals surface area (Å²) < 4.78 is 19.7. The fourth-order valence-electron chi connectivity index (χ4n) is 5.20. The number of aryl methyl sites for hydroxylation is 1. The normalized spacial score (nSPS) is 18.0. The van der Waals surface area contributed by atoms with E-state index in [0.29, 0.717) is 19.6 Å². The number of ether oxygens (including phenoxy) is 1. The van der Waals surface area contributed by atoms with E-state index >= 15 is 0 Å². The van der Waals surface area contributed by atoms with Gasteiger partial charge < -0.3 is 14.6 Å². The fourth-order valence-corrected chi connectivity index (χ4v) is 5.20. The average Bonchev–Trinajstić information content (AvgIpc) is 3.33. The lowest BCUT2D eigenvalue weighted by Gasteiger charge is -2.29. The number of nitrogens with one attached hydrogen (secondary N) is 1. The van der Waals surface area contributed by atoms with E-state index in [4.69, 9.17) is 9.72 Å². The minimum Gasteiger partial charge on any atom is -0.374 e. The predicted octanol–water partition coefficient (Wildman–Crippen LogP) is 7.01. The summed E-state index contributed by atoms with van der Waals surface area (Å²) in [5.41, 5.74) is 5.47. The molecule has 0 radical (unpaired) electrons. The maximum absolute atomic E-state index is 13.5. The molecule has 1 aliphatic heterocycles. The maximum atomic E-state index is 13.5. The zero-order valence-corrected chi connectivity index (χ0v) is 22.5. The third kappa shape index (κ3) is 6.95. The molecule has 204 valence electrons. The molecule has 2 N–H and O–H groups in total. The summed E-state index contributed by atoms with van der Waals surface area (Å²) in [5, 5.41) is 15.1. The summed E-state index contributed by atoms with van der Waals surface area (Å²) in [6, 6.07) is 16.2. The molecule has 1 aliphatic rings. The lowest BCUT2D eigenvalue weighted by Crippen LogP contribution is -2.31. The molecule has 0 spiro atoms. The number of unbranched alkanes of at least 4 members (excludes halogenated alkanes) is 2. The van der Waals surface area contributed by atoms with Crippen molar-refractivity contribution in [2.45, 2.75) is 63.9 Å². The van der Waals surface area contributed by atoms with Gasteiger partial charge in [0.2, 0.25) is 0 Å². The van der Waals surface area contributed by atoms with Crippen LogP contribution in [0.5, 0.6) is 0 Å². The zero-order chi connectivity index (χ0) is 27.7. The number of hydrogen-bond acceptors (Lipinski definition) is 5. The number of pyridine rings is 1. The Bertz CT molecular complexity index is 1370. The average molecular weight is 529 g/mol. The van der Waals surface area contributed by atoms with Crippen molar-refractivity contribution in [1.29, 1.82) is 0 Å². The molecule has 0 saturated heterocycles. The molecular weight excluding hydrogens is 491 g/mol. The third-order valence-corrected chi connectivity index (χ3v) is 7.44. The molecule has 6 heteroatoms. The molecule has 0 amide bonds. The minimum atomic E-state index is -0.831. The lowest BCUT2D eigenvalue weighted by atomic mass is 9.87. The van der Waals surface area contributed by atoms with E-state index < -0.39 is 12.1 Å². The van der Waals surface area contributed by atoms with Crippen LogP contribution in [0, 0.1) is 0 Å². The number of allylic oxidation sites excluding steroid dienone is 4. The molecule has 0 saturated carbocycles. The van der Waals surface area contributed by atoms with Crippen LogP contribution in [0.25, 0.3) is 17.0 Å². The third-order valence-electron chi connectivity index (χ3n) is 7.44. The van der Waals surface area contributed by atoms with E-state index in [1.807, 2.05) is 24.3 Å². The highest BCUT2D eigenvalue weighted by molar-refractivity contribution is 5.82. The number of aliphatic hydroxyl groups excluding tert-OH is 1. The summed E-state index contributed by atoms with van der Waals surface area (Å²) >= 11 is 0. The first-order chi connectivity index (χ1) is 19.0. The molecule has 0 fully saturated rings. The van der Waals surface area contributed by atoms with Crippen molar-refractivity contribution in [3.05, 3.63) is 107 Å². The van der Waals surface area contributed by atoms with Gasteiger partial charge in [0.05, 0.1) is 23.4 Å². The molecule has 2 heterocycles. The number of carbonyl (C=O) groups is 1. The SMILES string of the molecule is C=C/C(F)=C\C=C\c1nc2ccc(C(O)NCCC3(CC)OCc4ccccc43)cc2cc1CCCCC=O. The quantitative estimate of drug-likeness (QED) is 0.102. The molecule has 2 atom stereocenters. The highest BCUT2D eigenvalue weighted by Gasteiger charge is 2.37. The van der Waals surface area contributed by atoms with Crippen molar-refractivity contribution >= 4 is 23.3 Å². The van der Waals surface area contributed by atoms with Gasteiger partial charge in [-0.1, -0.05) is 49.9 Å². The number of benzene rings is 2. The summed E-state index contributed by atoms with van der Waals surface area (Å²) in [6.45, 7) is 6.79. The predicted molar refractivity (Wildman–Crippen MR) is 155 cm³/mol. The monoisotopic (exact) mass is 528 g/mol. The number of halogens is 1. The number of aliphatic hydroxyl groups is 1. The van der Waals surface area contributed by atoms with Crippen LogP contribution in [0.1, 0.15) is 73.2 Å². The van der Waals surface area contributed by atoms with Crippen LogP contribution >= 0.6 is 0 Å². The second-order valence-electron chi connectivity index (χ2n) is 9.91. The van der Waals surface area contributed by atoms with Gasteiger partial charge in [-0.15, -0.1) is 0 Å². The van der Waals surface area contributed by atoms with Gasteiger partial charge in [-0.05, 0) is 90.8 Å². The molecule has 0 aliphatic carbocycles. The van der Waals surface area contributed by atoms with E-state index in [9.17, 15) is 14.3 Å². The van der Waals surface area contributed by atoms with Gasteiger partial charge in [-0.3, -0.25) is 5.32 Å². The van der Waals surface area contributed by atoms with Crippen LogP contribution in [-0.4, -0.2) is 22.9 Å². The standard InChI is InChI=1S/C33H37FN2O3/c1-3-28(34)13-10-15-30-24(11-6-5-9-20-37)21-27-22-25(16-17-31(27)36-30)32(38)35-19-18-33(4-2)29-14-8-7-12-26(29)23-39-33/h3,7-8,10,12-17,20-22,32,35,38H,1,4-6,9,11,18-19,23H2,2H3/b15-10+,28-13+. The number of nitrogens with zero attached hydrogens (tertiary/aromatic N) is 1. The van der Waals surface area contributed by atoms with Crippen LogP contribution < -0.4 is 5.32 Å². The van der Waals surface area contributed by atoms with Crippen LogP contribution in [0.4, 0.5) is 4.39 Å². The second-order valence-corrected chi connectivity index (χ2v) is 9.91. The van der Waals surface area contributed by atoms with Crippen molar-refractivity contribution in [3.63, 3.8) is 0 Å². The first-order valence-corrected chi connectivity index (χ1v) is 13.7. The number of aromatic nitrogens is 1. The molecule has 5 nitrogen and oxygen atoms in total. The van der Waals surface area contributed by atoms with Crippen LogP contribution in [0.15, 0.2) is 79.2 Å². The van der Waals surface area contributed by atoms with Gasteiger partial charge in [-0.2, -0.15) is 0 Å². The van der Waals surface area contributed by atoms with Gasteiger partial charge >= 0.3 is 0 Å². The molecule has 2 aromatic carbocycles. The fraction of sp³-hybridized carbons (Fsp3) is 0.333. The van der Waals surface area contributed by atoms with E-state index in [1.165, 1.54) is 17.2 Å². The van der Waals surface area contributed by atoms with E-state index in [2.05, 4.69) is 43.1 Å². The second kappa shape index (κ2) is 13.6. The number of hydrogen-bond donors (Lipinski definition) is 2. The van der Waals surface area contributed by atoms with E-state index in [0.717, 1.165) is 72.2 Å². The Morgan fingerprint density at radius 1 is 1.26 bits per heavy atom. The van der Waals surface area contributed by atoms with Crippen molar-refractivity contribution < 1.29 is 19.0 Å². The van der Waals surface area contributed by atoms with Crippen LogP contribution in [-0.2, 0) is 28.2 Å². The smallest absolute Gasteiger partial charge is 0.131 e. The number of rotatable bonds is 14. The Hall–Kier alpha value is -3.45. The molecule has 1 aromatic heterocycles. The number of aldehydes is 1. The van der Waals surface area contributed by atoms with Crippen LogP contribution in [0.2, 0.25) is 0 Å². The Balaban J connectivity index is 1.49. The van der Waals surface area contributed by atoms with Gasteiger partial charge in [-0.25, -0.2) is 9.37 Å². The van der Waals surface area contributed by atoms with E-state index in [-0.39, 0.29) is 5.60 Å². The first kappa shape index (κ1) is 28.6. The van der Waals surface area contributed by atoms with Crippen molar-refractivity contribution in [2.75, 3.05) is 6.54 Å². The molecule has 2 unspecified atom stereocenters. The minimum absolute atomic E-state index is 0.330.